The van der Waals surface area contributed by atoms with Gasteiger partial charge in [0.1, 0.15) is 0 Å². The molecule has 212 valence electrons. The fourth-order valence-electron chi connectivity index (χ4n) is 6.23. The van der Waals surface area contributed by atoms with E-state index in [-0.39, 0.29) is 23.7 Å². The molecule has 3 aliphatic rings. The first-order valence-electron chi connectivity index (χ1n) is 14.1. The molecule has 1 aromatic carbocycles. The molecule has 2 aliphatic heterocycles. The second-order valence-corrected chi connectivity index (χ2v) is 21.3. The van der Waals surface area contributed by atoms with Crippen LogP contribution in [0.2, 0.25) is 0.889 Å². The Morgan fingerprint density at radius 1 is 1.13 bits per heavy atom. The number of aliphatic hydroxyl groups is 1. The molecule has 0 bridgehead atoms. The number of H-pyrrole nitrogens is 1. The summed E-state index contributed by atoms with van der Waals surface area (Å²) in [6, 6.07) is 6.30. The molecule has 2 amide bonds. The number of rotatable bonds is 11. The second kappa shape index (κ2) is 15.5. The van der Waals surface area contributed by atoms with E-state index in [4.69, 9.17) is 9.84 Å². The van der Waals surface area contributed by atoms with Gasteiger partial charge in [0.2, 0.25) is 11.8 Å². The summed E-state index contributed by atoms with van der Waals surface area (Å²) >= 11 is -0.580. The molecule has 3 unspecified atom stereocenters. The third-order valence-corrected chi connectivity index (χ3v) is 16.6. The van der Waals surface area contributed by atoms with E-state index < -0.39 is 45.6 Å². The third-order valence-electron chi connectivity index (χ3n) is 8.19. The van der Waals surface area contributed by atoms with Crippen LogP contribution in [0.5, 0.6) is 5.75 Å². The van der Waals surface area contributed by atoms with Gasteiger partial charge in [0.15, 0.2) is 0 Å². The number of aromatic amines is 1. The molecule has 0 spiro atoms. The van der Waals surface area contributed by atoms with Gasteiger partial charge in [0.05, 0.1) is 11.8 Å². The number of hydrogen-bond acceptors (Lipinski definition) is 6. The molecule has 3 fully saturated rings. The van der Waals surface area contributed by atoms with Crippen molar-refractivity contribution in [3.8, 4) is 5.75 Å². The molecule has 3 atom stereocenters. The number of carbonyl (C=O) groups excluding carboxylic acids is 2. The Bertz CT molecular complexity index is 1080. The van der Waals surface area contributed by atoms with Crippen molar-refractivity contribution in [3.05, 3.63) is 30.0 Å². The molecule has 39 heavy (non-hydrogen) atoms. The quantitative estimate of drug-likeness (QED) is 0.211. The molecule has 3 heterocycles. The molecular formula is C28H39F2N3O4SSr. The van der Waals surface area contributed by atoms with Crippen molar-refractivity contribution in [2.75, 3.05) is 39.0 Å². The summed E-state index contributed by atoms with van der Waals surface area (Å²) in [6.07, 6.45) is 12.5. The van der Waals surface area contributed by atoms with Crippen molar-refractivity contribution in [3.63, 3.8) is 0 Å². The van der Waals surface area contributed by atoms with E-state index in [1.165, 1.54) is 35.4 Å². The number of imide groups is 1. The van der Waals surface area contributed by atoms with Crippen molar-refractivity contribution < 1.29 is 28.2 Å². The van der Waals surface area contributed by atoms with Gasteiger partial charge in [-0.2, -0.15) is 8.78 Å². The fraction of sp³-hybridized carbons (Fsp3) is 0.643. The number of aromatic nitrogens is 1. The minimum Gasteiger partial charge on any atom is -0.339 e. The van der Waals surface area contributed by atoms with Gasteiger partial charge in [-0.1, -0.05) is 12.8 Å². The number of halogens is 2. The Morgan fingerprint density at radius 2 is 1.85 bits per heavy atom. The first-order valence-corrected chi connectivity index (χ1v) is 21.8. The number of amides is 2. The van der Waals surface area contributed by atoms with Gasteiger partial charge in [-0.25, -0.2) is 0 Å². The summed E-state index contributed by atoms with van der Waals surface area (Å²) < 4.78 is 29.1. The van der Waals surface area contributed by atoms with Crippen LogP contribution in [0.25, 0.3) is 10.9 Å². The average molecular weight is 639 g/mol. The monoisotopic (exact) mass is 639 g/mol. The van der Waals surface area contributed by atoms with E-state index in [9.17, 15) is 18.4 Å². The van der Waals surface area contributed by atoms with E-state index >= 15 is 0 Å². The van der Waals surface area contributed by atoms with Crippen molar-refractivity contribution in [1.82, 2.24) is 14.8 Å². The number of nitrogens with zero attached hydrogens (tertiary/aromatic N) is 2. The molecule has 1 aliphatic carbocycles. The van der Waals surface area contributed by atoms with E-state index in [1.54, 1.807) is 0 Å². The zero-order valence-corrected chi connectivity index (χ0v) is 27.0. The van der Waals surface area contributed by atoms with Crippen molar-refractivity contribution in [1.29, 1.82) is 0 Å². The number of aliphatic hydroxyl groups excluding tert-OH is 1. The molecular weight excluding hydrogens is 600 g/mol. The van der Waals surface area contributed by atoms with Gasteiger partial charge in [0, 0.05) is 6.54 Å². The molecule has 5 rings (SSSR count). The number of unbranched alkanes of at least 4 members (excludes halogenated alkanes) is 1. The van der Waals surface area contributed by atoms with Crippen molar-refractivity contribution in [2.24, 2.45) is 11.8 Å². The number of ether oxygens (including phenoxy) is 1. The Morgan fingerprint density at radius 3 is 2.54 bits per heavy atom. The normalized spacial score (nSPS) is 23.2. The number of fused-ring (bicyclic) bond motifs is 2. The molecule has 2 N–H and O–H groups in total. The third kappa shape index (κ3) is 8.66. The summed E-state index contributed by atoms with van der Waals surface area (Å²) in [6.45, 7) is 1.71. The second-order valence-electron chi connectivity index (χ2n) is 10.8. The standard InChI is InChI=1S/C26H34N3O3.CH2F2O.CH4S.Sr/c30-25-21-7-1-2-8-22(21)26(31)29(25)14-5-6-16-32-20-9-10-24-23(17-20)19(18-27-24)11-15-28-12-3-4-13-28;2-1(3)4;1-2;/h3,9-10,17-18,21-22,27H,1-2,4-8,11-16H2;1,4H;2H,1H3;/q;;;+1/p-1. The van der Waals surface area contributed by atoms with Crippen molar-refractivity contribution >= 4 is 66.4 Å². The van der Waals surface area contributed by atoms with Crippen LogP contribution in [0.1, 0.15) is 50.5 Å². The maximum atomic E-state index is 12.6. The summed E-state index contributed by atoms with van der Waals surface area (Å²) in [5, 5.41) is 7.98. The van der Waals surface area contributed by atoms with Crippen LogP contribution in [0, 0.1) is 11.8 Å². The van der Waals surface area contributed by atoms with Crippen molar-refractivity contribution in [2.45, 2.75) is 58.9 Å². The molecule has 7 nitrogen and oxygen atoms in total. The number of benzene rings is 1. The topological polar surface area (TPSA) is 85.9 Å². The summed E-state index contributed by atoms with van der Waals surface area (Å²) in [4.78, 5) is 32.8. The Balaban J connectivity index is 0.000000826. The molecule has 0 radical (unpaired) electrons. The van der Waals surface area contributed by atoms with Gasteiger partial charge in [0.25, 0.3) is 0 Å². The zero-order valence-electron chi connectivity index (χ0n) is 22.7. The Hall–Kier alpha value is -0.689. The number of carbonyl (C=O) groups is 2. The predicted octanol–water partition coefficient (Wildman–Crippen LogP) is 4.72. The maximum Gasteiger partial charge on any atom is 0.342 e. The van der Waals surface area contributed by atoms with E-state index in [2.05, 4.69) is 39.2 Å². The number of nitrogens with one attached hydrogen (secondary N) is 1. The molecule has 11 heteroatoms. The Kier molecular flexibility index (Phi) is 12.4. The van der Waals surface area contributed by atoms with Gasteiger partial charge in [-0.3, -0.25) is 14.5 Å². The number of alkyl halides is 2. The SMILES string of the molecule is C[S][Sr][CH]1CCN(CCc2c[nH]c3ccc(OCCCCN4C(=O)C5CCCCC5C4=O)cc23)C1.OC(F)F. The van der Waals surface area contributed by atoms with Gasteiger partial charge in [-0.05, 0) is 19.3 Å². The largest absolute Gasteiger partial charge is 0.342 e. The number of hydrogen-bond donors (Lipinski definition) is 2. The van der Waals surface area contributed by atoms with Crippen LogP contribution in [0.15, 0.2) is 24.4 Å². The minimum absolute atomic E-state index is 0.0418. The predicted molar refractivity (Wildman–Crippen MR) is 151 cm³/mol. The van der Waals surface area contributed by atoms with Crippen LogP contribution in [-0.4, -0.2) is 116 Å². The molecule has 2 aromatic rings. The van der Waals surface area contributed by atoms with E-state index in [0.717, 1.165) is 63.6 Å². The van der Waals surface area contributed by atoms with E-state index in [0.29, 0.717) is 13.2 Å². The van der Waals surface area contributed by atoms with Crippen LogP contribution in [-0.2, 0) is 16.0 Å². The van der Waals surface area contributed by atoms with Gasteiger partial charge >= 0.3 is 164 Å². The smallest absolute Gasteiger partial charge is 0.339 e. The van der Waals surface area contributed by atoms with Gasteiger partial charge < -0.3 is 5.11 Å². The molecule has 1 saturated carbocycles. The average Bonchev–Trinajstić information content (AvgIpc) is 3.60. The van der Waals surface area contributed by atoms with E-state index in [1.807, 2.05) is 6.07 Å². The van der Waals surface area contributed by atoms with Gasteiger partial charge in [-0.15, -0.1) is 0 Å². The summed E-state index contributed by atoms with van der Waals surface area (Å²) in [5.41, 5.74) is 2.53. The fourth-order valence-corrected chi connectivity index (χ4v) is 13.8. The maximum absolute atomic E-state index is 12.6. The Labute approximate surface area is 252 Å². The molecule has 1 aromatic heterocycles. The van der Waals surface area contributed by atoms with Crippen LogP contribution < -0.4 is 4.74 Å². The first-order chi connectivity index (χ1) is 18.9. The summed E-state index contributed by atoms with van der Waals surface area (Å²) in [5.74, 6) is 0.957. The molecule has 2 saturated heterocycles. The van der Waals surface area contributed by atoms with Crippen LogP contribution in [0.3, 0.4) is 0 Å². The minimum atomic E-state index is -3.17. The zero-order chi connectivity index (χ0) is 27.8. The summed E-state index contributed by atoms with van der Waals surface area (Å²) in [7, 11) is 0. The van der Waals surface area contributed by atoms with Crippen LogP contribution in [0.4, 0.5) is 8.78 Å². The first kappa shape index (κ1) is 31.3. The number of likely N-dealkylation sites (tertiary alicyclic amines) is 2. The van der Waals surface area contributed by atoms with Crippen LogP contribution >= 0.6 is 4.75 Å².